The second-order valence-corrected chi connectivity index (χ2v) is 5.02. The van der Waals surface area contributed by atoms with Crippen molar-refractivity contribution in [1.29, 1.82) is 0 Å². The van der Waals surface area contributed by atoms with Crippen LogP contribution in [-0.2, 0) is 0 Å². The quantitative estimate of drug-likeness (QED) is 0.862. The van der Waals surface area contributed by atoms with Gasteiger partial charge in [-0.25, -0.2) is 9.18 Å². The molecule has 1 aromatic rings. The number of anilines is 1. The summed E-state index contributed by atoms with van der Waals surface area (Å²) < 4.78 is 13.5. The average molecular weight is 251 g/mol. The summed E-state index contributed by atoms with van der Waals surface area (Å²) in [4.78, 5) is 11.0. The Bertz CT molecular complexity index is 447. The zero-order valence-corrected chi connectivity index (χ0v) is 10.4. The Kier molecular flexibility index (Phi) is 3.84. The molecule has 18 heavy (non-hydrogen) atoms. The van der Waals surface area contributed by atoms with Gasteiger partial charge in [-0.05, 0) is 30.4 Å². The molecule has 0 spiro atoms. The zero-order chi connectivity index (χ0) is 13.1. The van der Waals surface area contributed by atoms with Crippen LogP contribution in [0.15, 0.2) is 18.2 Å². The summed E-state index contributed by atoms with van der Waals surface area (Å²) in [6.07, 6.45) is 3.61. The topological polar surface area (TPSA) is 49.3 Å². The number of hydrogen-bond donors (Lipinski definition) is 2. The molecule has 1 aromatic carbocycles. The van der Waals surface area contributed by atoms with Gasteiger partial charge in [-0.15, -0.1) is 0 Å². The highest BCUT2D eigenvalue weighted by Gasteiger charge is 2.24. The fourth-order valence-corrected chi connectivity index (χ4v) is 2.66. The Morgan fingerprint density at radius 3 is 2.89 bits per heavy atom. The molecule has 1 aliphatic rings. The number of hydrogen-bond acceptors (Lipinski definition) is 2. The molecule has 3 nitrogen and oxygen atoms in total. The van der Waals surface area contributed by atoms with Crippen molar-refractivity contribution in [3.63, 3.8) is 0 Å². The fraction of sp³-hybridized carbons (Fsp3) is 0.500. The van der Waals surface area contributed by atoms with Crippen molar-refractivity contribution < 1.29 is 14.3 Å². The molecule has 4 heteroatoms. The van der Waals surface area contributed by atoms with Crippen LogP contribution in [0.2, 0.25) is 0 Å². The minimum absolute atomic E-state index is 0.261. The van der Waals surface area contributed by atoms with Crippen LogP contribution in [-0.4, -0.2) is 17.6 Å². The molecule has 1 saturated carbocycles. The van der Waals surface area contributed by atoms with E-state index in [0.29, 0.717) is 24.1 Å². The molecule has 0 saturated heterocycles. The largest absolute Gasteiger partial charge is 0.478 e. The maximum Gasteiger partial charge on any atom is 0.340 e. The predicted molar refractivity (Wildman–Crippen MR) is 68.4 cm³/mol. The molecule has 2 N–H and O–H groups in total. The summed E-state index contributed by atoms with van der Waals surface area (Å²) in [5.74, 6) is -0.712. The van der Waals surface area contributed by atoms with Crippen LogP contribution in [0.25, 0.3) is 0 Å². The SMILES string of the molecule is CC1CCCC1CNc1cccc(F)c1C(=O)O. The van der Waals surface area contributed by atoms with Crippen molar-refractivity contribution in [2.24, 2.45) is 11.8 Å². The van der Waals surface area contributed by atoms with Crippen molar-refractivity contribution in [2.75, 3.05) is 11.9 Å². The standard InChI is InChI=1S/C14H18FNO2/c1-9-4-2-5-10(9)8-16-12-7-3-6-11(15)13(12)14(17)18/h3,6-7,9-10,16H,2,4-5,8H2,1H3,(H,17,18). The highest BCUT2D eigenvalue weighted by molar-refractivity contribution is 5.94. The molecule has 0 aromatic heterocycles. The number of rotatable bonds is 4. The van der Waals surface area contributed by atoms with Gasteiger partial charge in [-0.3, -0.25) is 0 Å². The second kappa shape index (κ2) is 5.38. The molecular formula is C14H18FNO2. The van der Waals surface area contributed by atoms with Crippen LogP contribution in [0.4, 0.5) is 10.1 Å². The van der Waals surface area contributed by atoms with Gasteiger partial charge in [-0.1, -0.05) is 25.8 Å². The van der Waals surface area contributed by atoms with Crippen LogP contribution in [0.1, 0.15) is 36.5 Å². The average Bonchev–Trinajstić information content (AvgIpc) is 2.71. The molecule has 1 fully saturated rings. The molecule has 1 aliphatic carbocycles. The Labute approximate surface area is 106 Å². The molecule has 0 radical (unpaired) electrons. The van der Waals surface area contributed by atoms with Gasteiger partial charge in [0.25, 0.3) is 0 Å². The lowest BCUT2D eigenvalue weighted by Crippen LogP contribution is -2.18. The van der Waals surface area contributed by atoms with Crippen LogP contribution in [0.5, 0.6) is 0 Å². The molecular weight excluding hydrogens is 233 g/mol. The molecule has 0 heterocycles. The smallest absolute Gasteiger partial charge is 0.340 e. The number of carbonyl (C=O) groups is 1. The lowest BCUT2D eigenvalue weighted by molar-refractivity contribution is 0.0693. The van der Waals surface area contributed by atoms with E-state index in [-0.39, 0.29) is 5.56 Å². The Morgan fingerprint density at radius 2 is 2.28 bits per heavy atom. The van der Waals surface area contributed by atoms with Crippen molar-refractivity contribution in [3.8, 4) is 0 Å². The van der Waals surface area contributed by atoms with Gasteiger partial charge in [0.15, 0.2) is 0 Å². The maximum atomic E-state index is 13.5. The van der Waals surface area contributed by atoms with Crippen LogP contribution >= 0.6 is 0 Å². The zero-order valence-electron chi connectivity index (χ0n) is 10.4. The van der Waals surface area contributed by atoms with Gasteiger partial charge in [0, 0.05) is 6.54 Å². The Balaban J connectivity index is 2.09. The van der Waals surface area contributed by atoms with E-state index in [1.165, 1.54) is 25.0 Å². The first-order chi connectivity index (χ1) is 8.59. The highest BCUT2D eigenvalue weighted by atomic mass is 19.1. The number of aromatic carboxylic acids is 1. The van der Waals surface area contributed by atoms with Gasteiger partial charge < -0.3 is 10.4 Å². The molecule has 0 bridgehead atoms. The van der Waals surface area contributed by atoms with E-state index in [4.69, 9.17) is 5.11 Å². The third-order valence-corrected chi connectivity index (χ3v) is 3.82. The number of carboxylic acids is 1. The van der Waals surface area contributed by atoms with E-state index >= 15 is 0 Å². The highest BCUT2D eigenvalue weighted by Crippen LogP contribution is 2.31. The van der Waals surface area contributed by atoms with Gasteiger partial charge in [0.2, 0.25) is 0 Å². The van der Waals surface area contributed by atoms with E-state index < -0.39 is 11.8 Å². The maximum absolute atomic E-state index is 13.5. The summed E-state index contributed by atoms with van der Waals surface area (Å²) >= 11 is 0. The number of carboxylic acid groups (broad SMARTS) is 1. The fourth-order valence-electron chi connectivity index (χ4n) is 2.66. The molecule has 0 amide bonds. The summed E-state index contributed by atoms with van der Waals surface area (Å²) in [6.45, 7) is 2.92. The first kappa shape index (κ1) is 12.9. The lowest BCUT2D eigenvalue weighted by atomic mass is 9.98. The van der Waals surface area contributed by atoms with Crippen LogP contribution in [0.3, 0.4) is 0 Å². The van der Waals surface area contributed by atoms with Gasteiger partial charge in [0.1, 0.15) is 11.4 Å². The monoisotopic (exact) mass is 251 g/mol. The van der Waals surface area contributed by atoms with E-state index in [1.54, 1.807) is 6.07 Å². The van der Waals surface area contributed by atoms with Gasteiger partial charge in [-0.2, -0.15) is 0 Å². The third kappa shape index (κ3) is 2.63. The van der Waals surface area contributed by atoms with Gasteiger partial charge >= 0.3 is 5.97 Å². The minimum Gasteiger partial charge on any atom is -0.478 e. The van der Waals surface area contributed by atoms with E-state index in [9.17, 15) is 9.18 Å². The molecule has 2 rings (SSSR count). The number of halogens is 1. The van der Waals surface area contributed by atoms with E-state index in [2.05, 4.69) is 12.2 Å². The third-order valence-electron chi connectivity index (χ3n) is 3.82. The van der Waals surface area contributed by atoms with Crippen molar-refractivity contribution in [3.05, 3.63) is 29.6 Å². The summed E-state index contributed by atoms with van der Waals surface area (Å²) in [5, 5.41) is 12.1. The van der Waals surface area contributed by atoms with Crippen LogP contribution in [0, 0.1) is 17.7 Å². The number of benzene rings is 1. The summed E-state index contributed by atoms with van der Waals surface area (Å²) in [5.41, 5.74) is 0.116. The first-order valence-electron chi connectivity index (χ1n) is 6.35. The molecule has 98 valence electrons. The molecule has 2 unspecified atom stereocenters. The second-order valence-electron chi connectivity index (χ2n) is 5.02. The van der Waals surface area contributed by atoms with Crippen molar-refractivity contribution in [1.82, 2.24) is 0 Å². The summed E-state index contributed by atoms with van der Waals surface area (Å²) in [7, 11) is 0. The van der Waals surface area contributed by atoms with Gasteiger partial charge in [0.05, 0.1) is 5.69 Å². The summed E-state index contributed by atoms with van der Waals surface area (Å²) in [6, 6.07) is 4.32. The van der Waals surface area contributed by atoms with Crippen molar-refractivity contribution >= 4 is 11.7 Å². The molecule has 0 aliphatic heterocycles. The lowest BCUT2D eigenvalue weighted by Gasteiger charge is -2.17. The molecule has 2 atom stereocenters. The van der Waals surface area contributed by atoms with Crippen molar-refractivity contribution in [2.45, 2.75) is 26.2 Å². The number of nitrogens with one attached hydrogen (secondary N) is 1. The normalized spacial score (nSPS) is 23.0. The first-order valence-corrected chi connectivity index (χ1v) is 6.35. The Morgan fingerprint density at radius 1 is 1.50 bits per heavy atom. The van der Waals surface area contributed by atoms with E-state index in [0.717, 1.165) is 6.42 Å². The van der Waals surface area contributed by atoms with Crippen LogP contribution < -0.4 is 5.32 Å². The van der Waals surface area contributed by atoms with E-state index in [1.807, 2.05) is 0 Å². The minimum atomic E-state index is -1.23. The Hall–Kier alpha value is -1.58. The predicted octanol–water partition coefficient (Wildman–Crippen LogP) is 3.37.